The summed E-state index contributed by atoms with van der Waals surface area (Å²) in [5.74, 6) is -7.24. The molecule has 83 heavy (non-hydrogen) atoms. The topological polar surface area (TPSA) is 488 Å². The van der Waals surface area contributed by atoms with E-state index in [2.05, 4.69) is 52.5 Å². The van der Waals surface area contributed by atoms with Crippen molar-refractivity contribution >= 4 is 71.1 Å². The molecule has 22 N–H and O–H groups in total. The predicted molar refractivity (Wildman–Crippen MR) is 316 cm³/mol. The fourth-order valence-corrected chi connectivity index (χ4v) is 8.07. The highest BCUT2D eigenvalue weighted by Gasteiger charge is 2.34. The highest BCUT2D eigenvalue weighted by Crippen LogP contribution is 2.13. The van der Waals surface area contributed by atoms with Crippen molar-refractivity contribution in [3.05, 3.63) is 29.8 Å². The second-order valence-electron chi connectivity index (χ2n) is 20.2. The summed E-state index contributed by atoms with van der Waals surface area (Å²) in [6.45, 7) is 10.4. The molecular weight excluding hydrogens is 1080 g/mol. The molecule has 0 spiro atoms. The molecule has 0 aromatic heterocycles. The fraction of sp³-hybridized carbons (Fsp3) is 0.673. The SMILES string of the molecule is CC(=O)O.CCCC[C@@H](NC(=O)[C@H](N)CCCN=C(N)N)C(=O)N[C@H](CCCC)C(=O)N[C@H](CCCN=C(N)N)C(=O)N[C@H](CCCC)C(=O)N[C@H](CCCC)C(=O)N[C@H](CCCC)C(=O)NCC(=O)N[C@H](Cc1ccc(O)cc1)C(N)=O. The average molecular weight is 1180 g/mol. The van der Waals surface area contributed by atoms with Gasteiger partial charge in [0.05, 0.1) is 12.6 Å². The van der Waals surface area contributed by atoms with Crippen LogP contribution in [0.5, 0.6) is 5.75 Å². The third-order valence-corrected chi connectivity index (χ3v) is 12.8. The van der Waals surface area contributed by atoms with Crippen molar-refractivity contribution in [3.63, 3.8) is 0 Å². The van der Waals surface area contributed by atoms with E-state index in [1.54, 1.807) is 12.1 Å². The van der Waals surface area contributed by atoms with Gasteiger partial charge in [-0.1, -0.05) is 111 Å². The molecule has 1 aromatic rings. The lowest BCUT2D eigenvalue weighted by atomic mass is 10.0. The van der Waals surface area contributed by atoms with Crippen LogP contribution in [0.25, 0.3) is 0 Å². The maximum Gasteiger partial charge on any atom is 0.300 e. The van der Waals surface area contributed by atoms with Crippen LogP contribution in [0.4, 0.5) is 0 Å². The summed E-state index contributed by atoms with van der Waals surface area (Å²) in [5, 5.41) is 38.7. The molecule has 8 atom stereocenters. The van der Waals surface area contributed by atoms with Crippen LogP contribution >= 0.6 is 0 Å². The van der Waals surface area contributed by atoms with E-state index < -0.39 is 114 Å². The number of carboxylic acids is 1. The number of nitrogens with zero attached hydrogens (tertiary/aromatic N) is 2. The van der Waals surface area contributed by atoms with Crippen molar-refractivity contribution in [3.8, 4) is 5.75 Å². The molecule has 470 valence electrons. The Morgan fingerprint density at radius 2 is 0.747 bits per heavy atom. The van der Waals surface area contributed by atoms with Crippen LogP contribution in [-0.4, -0.2) is 149 Å². The Morgan fingerprint density at radius 3 is 1.06 bits per heavy atom. The normalized spacial score (nSPS) is 13.6. The lowest BCUT2D eigenvalue weighted by Crippen LogP contribution is -2.60. The summed E-state index contributed by atoms with van der Waals surface area (Å²) in [7, 11) is 0. The molecule has 0 aliphatic heterocycles. The number of phenols is 1. The molecule has 0 aliphatic carbocycles. The van der Waals surface area contributed by atoms with Crippen molar-refractivity contribution in [1.82, 2.24) is 42.5 Å². The lowest BCUT2D eigenvalue weighted by molar-refractivity contribution is -0.136. The number of hydrogen-bond acceptors (Lipinski definition) is 14. The number of aliphatic imine (C=N–C) groups is 2. The molecule has 28 heteroatoms. The molecule has 1 rings (SSSR count). The Kier molecular flexibility index (Phi) is 39.8. The zero-order chi connectivity index (χ0) is 62.9. The number of guanidine groups is 2. The van der Waals surface area contributed by atoms with Gasteiger partial charge in [0, 0.05) is 26.4 Å². The molecule has 0 unspecified atom stereocenters. The van der Waals surface area contributed by atoms with Crippen LogP contribution < -0.4 is 76.9 Å². The number of aromatic hydroxyl groups is 1. The van der Waals surface area contributed by atoms with Gasteiger partial charge in [-0.15, -0.1) is 0 Å². The number of phenolic OH excluding ortho intramolecular Hbond substituents is 1. The fourth-order valence-electron chi connectivity index (χ4n) is 8.07. The Morgan fingerprint density at radius 1 is 0.446 bits per heavy atom. The summed E-state index contributed by atoms with van der Waals surface area (Å²) < 4.78 is 0. The van der Waals surface area contributed by atoms with Gasteiger partial charge in [-0.25, -0.2) is 0 Å². The molecule has 1 aromatic carbocycles. The first-order valence-corrected chi connectivity index (χ1v) is 28.9. The van der Waals surface area contributed by atoms with E-state index in [4.69, 9.17) is 44.3 Å². The molecule has 28 nitrogen and oxygen atoms in total. The van der Waals surface area contributed by atoms with E-state index in [-0.39, 0.29) is 88.5 Å². The predicted octanol–water partition coefficient (Wildman–Crippen LogP) is -0.594. The number of primary amides is 1. The minimum absolute atomic E-state index is 0.0110. The van der Waals surface area contributed by atoms with Gasteiger partial charge in [-0.3, -0.25) is 57.9 Å². The maximum atomic E-state index is 14.3. The van der Waals surface area contributed by atoms with Gasteiger partial charge >= 0.3 is 0 Å². The average Bonchev–Trinajstić information content (AvgIpc) is 3.43. The molecule has 0 radical (unpaired) electrons. The standard InChI is InChI=1S/C53H94N16O10.C2H4O2/c1-6-11-19-36(46(74)62-32-43(71)63-42(44(55)72)31-33-25-27-34(70)28-26-33)65-48(76)38(21-13-8-3)67-49(77)39(22-14-9-4)68-51(79)41(24-17-30-61-53(58)59)69-50(78)40(23-15-10-5)66-47(75)37(20-12-7-2)64-45(73)35(54)18-16-29-60-52(56)57;1-2(3)4/h25-28,35-42,70H,6-24,29-32,54H2,1-5H3,(H2,55,72)(H,62,74)(H,63,71)(H,64,73)(H,65,76)(H,66,75)(H,67,77)(H,68,79)(H,69,78)(H4,56,57,60)(H4,58,59,61);1H3,(H,3,4)/t35-,36-,37-,38-,39-,40-,41-,42-;/m1./s1. The molecule has 0 aliphatic rings. The quantitative estimate of drug-likeness (QED) is 0.0221. The van der Waals surface area contributed by atoms with Gasteiger partial charge in [0.1, 0.15) is 48.0 Å². The van der Waals surface area contributed by atoms with Gasteiger partial charge in [0.15, 0.2) is 11.9 Å². The zero-order valence-corrected chi connectivity index (χ0v) is 49.5. The Bertz CT molecular complexity index is 2220. The summed E-state index contributed by atoms with van der Waals surface area (Å²) in [6, 6.07) is -2.96. The van der Waals surface area contributed by atoms with Crippen LogP contribution in [0, 0.1) is 0 Å². The monoisotopic (exact) mass is 1170 g/mol. The van der Waals surface area contributed by atoms with Crippen molar-refractivity contribution < 1.29 is 58.2 Å². The maximum absolute atomic E-state index is 14.3. The second-order valence-corrected chi connectivity index (χ2v) is 20.2. The highest BCUT2D eigenvalue weighted by molar-refractivity contribution is 5.98. The van der Waals surface area contributed by atoms with Gasteiger partial charge in [-0.2, -0.15) is 0 Å². The van der Waals surface area contributed by atoms with Crippen LogP contribution in [0.3, 0.4) is 0 Å². The largest absolute Gasteiger partial charge is 0.508 e. The molecular formula is C55H98N16O12. The number of carbonyl (C=O) groups is 10. The van der Waals surface area contributed by atoms with Crippen LogP contribution in [-0.2, 0) is 54.4 Å². The number of nitrogens with one attached hydrogen (secondary N) is 8. The summed E-state index contributed by atoms with van der Waals surface area (Å²) in [5.41, 5.74) is 34.2. The van der Waals surface area contributed by atoms with Gasteiger partial charge in [-0.05, 0) is 75.5 Å². The van der Waals surface area contributed by atoms with Gasteiger partial charge in [0.25, 0.3) is 5.97 Å². The Labute approximate surface area is 488 Å². The van der Waals surface area contributed by atoms with E-state index >= 15 is 0 Å². The number of benzene rings is 1. The van der Waals surface area contributed by atoms with Crippen molar-refractivity contribution in [2.45, 2.75) is 218 Å². The number of carbonyl (C=O) groups excluding carboxylic acids is 9. The van der Waals surface area contributed by atoms with E-state index in [0.29, 0.717) is 76.2 Å². The molecule has 0 fully saturated rings. The first-order chi connectivity index (χ1) is 39.3. The third kappa shape index (κ3) is 35.0. The number of carboxylic acid groups (broad SMARTS) is 1. The number of unbranched alkanes of at least 4 members (excludes halogenated alkanes) is 5. The number of aliphatic carboxylic acids is 1. The minimum Gasteiger partial charge on any atom is -0.508 e. The van der Waals surface area contributed by atoms with Crippen LogP contribution in [0.2, 0.25) is 0 Å². The number of hydrogen-bond donors (Lipinski definition) is 16. The lowest BCUT2D eigenvalue weighted by Gasteiger charge is -2.28. The highest BCUT2D eigenvalue weighted by atomic mass is 16.4. The molecule has 0 heterocycles. The van der Waals surface area contributed by atoms with E-state index in [1.807, 2.05) is 34.6 Å². The zero-order valence-electron chi connectivity index (χ0n) is 49.5. The molecule has 0 saturated carbocycles. The summed E-state index contributed by atoms with van der Waals surface area (Å²) >= 11 is 0. The molecule has 9 amide bonds. The van der Waals surface area contributed by atoms with Crippen molar-refractivity contribution in [2.24, 2.45) is 44.4 Å². The number of amides is 9. The van der Waals surface area contributed by atoms with E-state index in [0.717, 1.165) is 6.92 Å². The van der Waals surface area contributed by atoms with E-state index in [1.165, 1.54) is 12.1 Å². The summed E-state index contributed by atoms with van der Waals surface area (Å²) in [4.78, 5) is 140. The second kappa shape index (κ2) is 43.9. The van der Waals surface area contributed by atoms with Gasteiger partial charge in [0.2, 0.25) is 53.2 Å². The first-order valence-electron chi connectivity index (χ1n) is 28.9. The number of nitrogens with two attached hydrogens (primary N) is 6. The van der Waals surface area contributed by atoms with Crippen LogP contribution in [0.15, 0.2) is 34.3 Å². The van der Waals surface area contributed by atoms with E-state index in [9.17, 15) is 48.3 Å². The van der Waals surface area contributed by atoms with Crippen molar-refractivity contribution in [2.75, 3.05) is 19.6 Å². The number of rotatable bonds is 42. The minimum atomic E-state index is -1.26. The Hall–Kier alpha value is -7.78. The Balaban J connectivity index is 0.0000162. The van der Waals surface area contributed by atoms with Gasteiger partial charge < -0.3 is 87.1 Å². The third-order valence-electron chi connectivity index (χ3n) is 12.8. The molecule has 0 saturated heterocycles. The van der Waals surface area contributed by atoms with Crippen molar-refractivity contribution in [1.29, 1.82) is 0 Å². The summed E-state index contributed by atoms with van der Waals surface area (Å²) in [6.07, 6.45) is 7.80. The van der Waals surface area contributed by atoms with Crippen LogP contribution in [0.1, 0.15) is 169 Å². The smallest absolute Gasteiger partial charge is 0.300 e. The molecule has 0 bridgehead atoms. The first kappa shape index (κ1) is 75.2.